The van der Waals surface area contributed by atoms with E-state index < -0.39 is 0 Å². The summed E-state index contributed by atoms with van der Waals surface area (Å²) in [5.74, 6) is 1.83. The van der Waals surface area contributed by atoms with Gasteiger partial charge in [0, 0.05) is 21.5 Å². The van der Waals surface area contributed by atoms with Crippen molar-refractivity contribution in [1.29, 1.82) is 0 Å². The van der Waals surface area contributed by atoms with E-state index in [4.69, 9.17) is 4.74 Å². The third-order valence-electron chi connectivity index (χ3n) is 4.96. The highest BCUT2D eigenvalue weighted by Gasteiger charge is 2.63. The fourth-order valence-corrected chi connectivity index (χ4v) is 8.36. The molecule has 0 saturated heterocycles. The molecule has 0 aliphatic heterocycles. The molecule has 4 bridgehead atoms. The quantitative estimate of drug-likeness (QED) is 0.645. The van der Waals surface area contributed by atoms with Crippen LogP contribution < -0.4 is 4.74 Å². The summed E-state index contributed by atoms with van der Waals surface area (Å²) < 4.78 is 7.08. The van der Waals surface area contributed by atoms with Gasteiger partial charge < -0.3 is 4.74 Å². The zero-order valence-electron chi connectivity index (χ0n) is 10.9. The predicted molar refractivity (Wildman–Crippen MR) is 84.3 cm³/mol. The Balaban J connectivity index is 1.67. The van der Waals surface area contributed by atoms with Crippen molar-refractivity contribution >= 4 is 31.9 Å². The minimum atomic E-state index is 0.0355. The van der Waals surface area contributed by atoms with Crippen LogP contribution in [-0.2, 0) is 0 Å². The lowest BCUT2D eigenvalue weighted by molar-refractivity contribution is -0.0820. The molecule has 102 valence electrons. The number of hydrogen-bond acceptors (Lipinski definition) is 1. The van der Waals surface area contributed by atoms with Crippen LogP contribution in [0, 0.1) is 5.92 Å². The molecular formula is C16H18Br2O. The van der Waals surface area contributed by atoms with Crippen LogP contribution in [0.3, 0.4) is 0 Å². The van der Waals surface area contributed by atoms with E-state index in [1.54, 1.807) is 0 Å². The summed E-state index contributed by atoms with van der Waals surface area (Å²) in [6.07, 6.45) is 7.41. The molecule has 1 aromatic rings. The second-order valence-electron chi connectivity index (χ2n) is 6.91. The Hall–Kier alpha value is -0.0200. The van der Waals surface area contributed by atoms with Crippen LogP contribution in [-0.4, -0.2) is 14.2 Å². The van der Waals surface area contributed by atoms with Crippen LogP contribution in [0.1, 0.15) is 38.5 Å². The third-order valence-corrected chi connectivity index (χ3v) is 6.73. The van der Waals surface area contributed by atoms with Crippen molar-refractivity contribution in [2.45, 2.75) is 52.8 Å². The molecule has 4 saturated carbocycles. The highest BCUT2D eigenvalue weighted by Crippen LogP contribution is 2.65. The van der Waals surface area contributed by atoms with Gasteiger partial charge in [0.1, 0.15) is 11.4 Å². The van der Waals surface area contributed by atoms with Gasteiger partial charge in [0.25, 0.3) is 0 Å². The lowest BCUT2D eigenvalue weighted by atomic mass is 9.54. The average molecular weight is 386 g/mol. The normalized spacial score (nSPS) is 47.4. The van der Waals surface area contributed by atoms with Gasteiger partial charge in [-0.1, -0.05) is 50.1 Å². The Bertz CT molecular complexity index is 483. The fourth-order valence-electron chi connectivity index (χ4n) is 4.97. The Morgan fingerprint density at radius 1 is 0.895 bits per heavy atom. The van der Waals surface area contributed by atoms with Crippen LogP contribution in [0.4, 0.5) is 0 Å². The zero-order chi connectivity index (χ0) is 13.1. The Morgan fingerprint density at radius 2 is 1.53 bits per heavy atom. The Morgan fingerprint density at radius 3 is 2.11 bits per heavy atom. The summed E-state index contributed by atoms with van der Waals surface area (Å²) in [5.41, 5.74) is 0.0355. The molecule has 0 N–H and O–H groups in total. The van der Waals surface area contributed by atoms with E-state index in [0.717, 1.165) is 24.5 Å². The van der Waals surface area contributed by atoms with Crippen molar-refractivity contribution in [1.82, 2.24) is 0 Å². The summed E-state index contributed by atoms with van der Waals surface area (Å²) >= 11 is 8.06. The minimum Gasteiger partial charge on any atom is -0.487 e. The van der Waals surface area contributed by atoms with Crippen LogP contribution in [0.5, 0.6) is 5.75 Å². The van der Waals surface area contributed by atoms with Gasteiger partial charge in [0.2, 0.25) is 0 Å². The maximum Gasteiger partial charge on any atom is 0.120 e. The summed E-state index contributed by atoms with van der Waals surface area (Å²) in [7, 11) is 0. The van der Waals surface area contributed by atoms with Crippen molar-refractivity contribution < 1.29 is 4.74 Å². The van der Waals surface area contributed by atoms with E-state index in [1.165, 1.54) is 25.7 Å². The lowest BCUT2D eigenvalue weighted by Gasteiger charge is -2.62. The molecule has 0 amide bonds. The van der Waals surface area contributed by atoms with E-state index in [0.29, 0.717) is 8.65 Å². The molecule has 0 spiro atoms. The number of para-hydroxylation sites is 1. The van der Waals surface area contributed by atoms with Gasteiger partial charge in [0.05, 0.1) is 0 Å². The van der Waals surface area contributed by atoms with Crippen LogP contribution >= 0.6 is 31.9 Å². The predicted octanol–water partition coefficient (Wildman–Crippen LogP) is 5.07. The molecule has 0 radical (unpaired) electrons. The largest absolute Gasteiger partial charge is 0.487 e. The summed E-state index contributed by atoms with van der Waals surface area (Å²) in [5, 5.41) is 0. The minimum absolute atomic E-state index is 0.0355. The maximum absolute atomic E-state index is 6.48. The number of hydrogen-bond donors (Lipinski definition) is 0. The molecule has 4 aliphatic rings. The number of rotatable bonds is 2. The van der Waals surface area contributed by atoms with Gasteiger partial charge in [-0.15, -0.1) is 0 Å². The molecule has 0 aromatic heterocycles. The SMILES string of the molecule is BrC12CC3CC(Br)(C1)CC(Oc1ccccc1)(C3)C2. The summed E-state index contributed by atoms with van der Waals surface area (Å²) in [4.78, 5) is 0. The zero-order valence-corrected chi connectivity index (χ0v) is 14.0. The Kier molecular flexibility index (Phi) is 2.68. The average Bonchev–Trinajstić information content (AvgIpc) is 2.24. The second kappa shape index (κ2) is 4.00. The number of halogens is 2. The van der Waals surface area contributed by atoms with Crippen molar-refractivity contribution in [3.05, 3.63) is 30.3 Å². The molecule has 3 heteroatoms. The molecule has 2 atom stereocenters. The van der Waals surface area contributed by atoms with E-state index >= 15 is 0 Å². The van der Waals surface area contributed by atoms with Gasteiger partial charge >= 0.3 is 0 Å². The van der Waals surface area contributed by atoms with Crippen LogP contribution in [0.2, 0.25) is 0 Å². The number of benzene rings is 1. The highest BCUT2D eigenvalue weighted by atomic mass is 79.9. The van der Waals surface area contributed by atoms with Gasteiger partial charge in [-0.25, -0.2) is 0 Å². The van der Waals surface area contributed by atoms with Crippen molar-refractivity contribution in [3.63, 3.8) is 0 Å². The lowest BCUT2D eigenvalue weighted by Crippen LogP contribution is -2.63. The van der Waals surface area contributed by atoms with Gasteiger partial charge in [-0.2, -0.15) is 0 Å². The van der Waals surface area contributed by atoms with Gasteiger partial charge in [-0.05, 0) is 43.7 Å². The standard InChI is InChI=1S/C16H18Br2O/c17-14-6-12-7-15(18,9-14)11-16(8-12,10-14)19-13-4-2-1-3-5-13/h1-5,12H,6-11H2. The van der Waals surface area contributed by atoms with Crippen molar-refractivity contribution in [2.24, 2.45) is 5.92 Å². The molecule has 19 heavy (non-hydrogen) atoms. The molecule has 4 fully saturated rings. The second-order valence-corrected chi connectivity index (χ2v) is 10.3. The van der Waals surface area contributed by atoms with Crippen LogP contribution in [0.25, 0.3) is 0 Å². The first-order chi connectivity index (χ1) is 8.99. The molecule has 0 heterocycles. The summed E-state index contributed by atoms with van der Waals surface area (Å²) in [6.45, 7) is 0. The number of alkyl halides is 2. The molecule has 5 rings (SSSR count). The monoisotopic (exact) mass is 384 g/mol. The topological polar surface area (TPSA) is 9.23 Å². The van der Waals surface area contributed by atoms with E-state index in [2.05, 4.69) is 56.1 Å². The highest BCUT2D eigenvalue weighted by molar-refractivity contribution is 9.10. The van der Waals surface area contributed by atoms with Crippen molar-refractivity contribution in [3.8, 4) is 5.75 Å². The molecule has 1 aromatic carbocycles. The van der Waals surface area contributed by atoms with E-state index in [-0.39, 0.29) is 5.60 Å². The Labute approximate surface area is 131 Å². The van der Waals surface area contributed by atoms with Crippen LogP contribution in [0.15, 0.2) is 30.3 Å². The number of ether oxygens (including phenoxy) is 1. The van der Waals surface area contributed by atoms with Gasteiger partial charge in [-0.3, -0.25) is 0 Å². The van der Waals surface area contributed by atoms with Crippen molar-refractivity contribution in [2.75, 3.05) is 0 Å². The first kappa shape index (κ1) is 12.7. The summed E-state index contributed by atoms with van der Waals surface area (Å²) in [6, 6.07) is 10.3. The van der Waals surface area contributed by atoms with Gasteiger partial charge in [0.15, 0.2) is 0 Å². The third kappa shape index (κ3) is 2.17. The molecular weight excluding hydrogens is 368 g/mol. The smallest absolute Gasteiger partial charge is 0.120 e. The maximum atomic E-state index is 6.48. The first-order valence-electron chi connectivity index (χ1n) is 7.10. The first-order valence-corrected chi connectivity index (χ1v) is 8.69. The molecule has 2 unspecified atom stereocenters. The van der Waals surface area contributed by atoms with E-state index in [9.17, 15) is 0 Å². The molecule has 1 nitrogen and oxygen atoms in total. The van der Waals surface area contributed by atoms with E-state index in [1.807, 2.05) is 6.07 Å². The fraction of sp³-hybridized carbons (Fsp3) is 0.625. The molecule has 4 aliphatic carbocycles.